The predicted molar refractivity (Wildman–Crippen MR) is 80.1 cm³/mol. The Balaban J connectivity index is 1.43. The van der Waals surface area contributed by atoms with E-state index in [1.165, 1.54) is 11.9 Å². The average Bonchev–Trinajstić information content (AvgIpc) is 3.26. The lowest BCUT2D eigenvalue weighted by Gasteiger charge is -2.03. The fourth-order valence-corrected chi connectivity index (χ4v) is 2.57. The number of aryl methyl sites for hydroxylation is 3. The van der Waals surface area contributed by atoms with Gasteiger partial charge in [-0.1, -0.05) is 6.07 Å². The molecule has 3 heterocycles. The van der Waals surface area contributed by atoms with Crippen LogP contribution >= 0.6 is 0 Å². The van der Waals surface area contributed by atoms with Crippen LogP contribution in [0.4, 0.5) is 0 Å². The minimum Gasteiger partial charge on any atom is -0.454 e. The maximum absolute atomic E-state index is 5.41. The van der Waals surface area contributed by atoms with Gasteiger partial charge in [-0.15, -0.1) is 0 Å². The highest BCUT2D eigenvalue weighted by Gasteiger charge is 2.14. The molecule has 3 aromatic rings. The fraction of sp³-hybridized carbons (Fsp3) is 0.333. The second kappa shape index (κ2) is 5.71. The molecule has 0 bridgehead atoms. The van der Waals surface area contributed by atoms with E-state index in [4.69, 9.17) is 9.47 Å². The zero-order valence-electron chi connectivity index (χ0n) is 12.7. The van der Waals surface area contributed by atoms with Gasteiger partial charge in [-0.3, -0.25) is 4.68 Å². The van der Waals surface area contributed by atoms with Gasteiger partial charge >= 0.3 is 0 Å². The van der Waals surface area contributed by atoms with Crippen molar-refractivity contribution in [1.29, 1.82) is 0 Å². The highest BCUT2D eigenvalue weighted by Crippen LogP contribution is 2.32. The van der Waals surface area contributed by atoms with Crippen LogP contribution in [0, 0.1) is 0 Å². The Hall–Kier alpha value is -2.90. The number of hydrogen-bond donors (Lipinski definition) is 0. The molecule has 118 valence electrons. The second-order valence-electron chi connectivity index (χ2n) is 5.35. The molecule has 0 fully saturated rings. The molecule has 2 aromatic heterocycles. The molecule has 0 aliphatic carbocycles. The molecule has 0 amide bonds. The van der Waals surface area contributed by atoms with E-state index in [0.717, 1.165) is 36.0 Å². The SMILES string of the molecule is Cn1nc(Cn2cncn2)nc1CCc1ccc2c(c1)OCO2. The van der Waals surface area contributed by atoms with E-state index in [1.807, 2.05) is 23.9 Å². The number of hydrogen-bond acceptors (Lipinski definition) is 6. The Morgan fingerprint density at radius 1 is 1.17 bits per heavy atom. The number of aromatic nitrogens is 6. The second-order valence-corrected chi connectivity index (χ2v) is 5.35. The van der Waals surface area contributed by atoms with Gasteiger partial charge in [0.2, 0.25) is 6.79 Å². The summed E-state index contributed by atoms with van der Waals surface area (Å²) in [6.07, 6.45) is 4.83. The first-order valence-electron chi connectivity index (χ1n) is 7.37. The Kier molecular flexibility index (Phi) is 3.41. The van der Waals surface area contributed by atoms with Gasteiger partial charge in [-0.2, -0.15) is 10.2 Å². The minimum atomic E-state index is 0.299. The number of fused-ring (bicyclic) bond motifs is 1. The molecule has 0 saturated heterocycles. The van der Waals surface area contributed by atoms with E-state index >= 15 is 0 Å². The third kappa shape index (κ3) is 2.87. The summed E-state index contributed by atoms with van der Waals surface area (Å²) in [5, 5.41) is 8.50. The number of nitrogens with zero attached hydrogens (tertiary/aromatic N) is 6. The van der Waals surface area contributed by atoms with E-state index in [-0.39, 0.29) is 0 Å². The summed E-state index contributed by atoms with van der Waals surface area (Å²) < 4.78 is 14.3. The van der Waals surface area contributed by atoms with E-state index in [1.54, 1.807) is 11.0 Å². The van der Waals surface area contributed by atoms with Crippen molar-refractivity contribution in [2.75, 3.05) is 6.79 Å². The van der Waals surface area contributed by atoms with Gasteiger partial charge in [0.1, 0.15) is 25.0 Å². The lowest BCUT2D eigenvalue weighted by molar-refractivity contribution is 0.174. The Morgan fingerprint density at radius 3 is 2.96 bits per heavy atom. The summed E-state index contributed by atoms with van der Waals surface area (Å²) >= 11 is 0. The Morgan fingerprint density at radius 2 is 2.09 bits per heavy atom. The molecule has 0 radical (unpaired) electrons. The molecule has 23 heavy (non-hydrogen) atoms. The van der Waals surface area contributed by atoms with E-state index in [0.29, 0.717) is 13.3 Å². The summed E-state index contributed by atoms with van der Waals surface area (Å²) in [6, 6.07) is 6.03. The van der Waals surface area contributed by atoms with Crippen molar-refractivity contribution < 1.29 is 9.47 Å². The molecule has 0 unspecified atom stereocenters. The Bertz CT molecular complexity index is 811. The first-order chi connectivity index (χ1) is 11.3. The maximum atomic E-state index is 5.41. The molecule has 1 aliphatic heterocycles. The zero-order chi connectivity index (χ0) is 15.6. The highest BCUT2D eigenvalue weighted by molar-refractivity contribution is 5.44. The van der Waals surface area contributed by atoms with Gasteiger partial charge in [-0.25, -0.2) is 14.6 Å². The number of benzene rings is 1. The van der Waals surface area contributed by atoms with Gasteiger partial charge < -0.3 is 9.47 Å². The zero-order valence-corrected chi connectivity index (χ0v) is 12.7. The largest absolute Gasteiger partial charge is 0.454 e. The van der Waals surface area contributed by atoms with Gasteiger partial charge in [0.15, 0.2) is 17.3 Å². The van der Waals surface area contributed by atoms with Crippen LogP contribution in [-0.4, -0.2) is 36.3 Å². The van der Waals surface area contributed by atoms with Crippen LogP contribution in [0.3, 0.4) is 0 Å². The first kappa shape index (κ1) is 13.7. The third-order valence-electron chi connectivity index (χ3n) is 3.74. The topological polar surface area (TPSA) is 79.9 Å². The van der Waals surface area contributed by atoms with Gasteiger partial charge in [0, 0.05) is 13.5 Å². The summed E-state index contributed by atoms with van der Waals surface area (Å²) in [6.45, 7) is 0.825. The highest BCUT2D eigenvalue weighted by atomic mass is 16.7. The molecule has 0 atom stereocenters. The van der Waals surface area contributed by atoms with Crippen LogP contribution in [0.2, 0.25) is 0 Å². The van der Waals surface area contributed by atoms with Crippen LogP contribution in [0.1, 0.15) is 17.2 Å². The summed E-state index contributed by atoms with van der Waals surface area (Å²) in [5.41, 5.74) is 1.19. The van der Waals surface area contributed by atoms with E-state index in [2.05, 4.69) is 26.2 Å². The smallest absolute Gasteiger partial charge is 0.231 e. The van der Waals surface area contributed by atoms with Crippen LogP contribution in [0.15, 0.2) is 30.9 Å². The molecule has 1 aliphatic rings. The molecule has 8 heteroatoms. The number of ether oxygens (including phenoxy) is 2. The van der Waals surface area contributed by atoms with Crippen LogP contribution in [0.5, 0.6) is 11.5 Å². The van der Waals surface area contributed by atoms with Gasteiger partial charge in [0.05, 0.1) is 0 Å². The molecule has 1 aromatic carbocycles. The van der Waals surface area contributed by atoms with Crippen molar-refractivity contribution in [2.24, 2.45) is 7.05 Å². The van der Waals surface area contributed by atoms with Gasteiger partial charge in [0.25, 0.3) is 0 Å². The third-order valence-corrected chi connectivity index (χ3v) is 3.74. The Labute approximate surface area is 132 Å². The standard InChI is InChI=1S/C15H16N6O2/c1-20-15(18-14(19-20)7-21-9-16-8-17-21)5-3-11-2-4-12-13(6-11)23-10-22-12/h2,4,6,8-9H,3,5,7,10H2,1H3. The summed E-state index contributed by atoms with van der Waals surface area (Å²) in [5.74, 6) is 3.30. The van der Waals surface area contributed by atoms with Crippen molar-refractivity contribution in [2.45, 2.75) is 19.4 Å². The van der Waals surface area contributed by atoms with Crippen LogP contribution < -0.4 is 9.47 Å². The quantitative estimate of drug-likeness (QED) is 0.698. The van der Waals surface area contributed by atoms with Crippen molar-refractivity contribution in [3.8, 4) is 11.5 Å². The first-order valence-corrected chi connectivity index (χ1v) is 7.37. The van der Waals surface area contributed by atoms with Crippen molar-refractivity contribution in [3.05, 3.63) is 48.1 Å². The van der Waals surface area contributed by atoms with Crippen molar-refractivity contribution in [3.63, 3.8) is 0 Å². The molecule has 4 rings (SSSR count). The van der Waals surface area contributed by atoms with Crippen molar-refractivity contribution in [1.82, 2.24) is 29.5 Å². The van der Waals surface area contributed by atoms with Crippen molar-refractivity contribution >= 4 is 0 Å². The molecule has 8 nitrogen and oxygen atoms in total. The molecular weight excluding hydrogens is 296 g/mol. The molecule has 0 spiro atoms. The van der Waals surface area contributed by atoms with Crippen LogP contribution in [-0.2, 0) is 26.4 Å². The van der Waals surface area contributed by atoms with E-state index in [9.17, 15) is 0 Å². The summed E-state index contributed by atoms with van der Waals surface area (Å²) in [7, 11) is 1.91. The molecule has 0 N–H and O–H groups in total. The summed E-state index contributed by atoms with van der Waals surface area (Å²) in [4.78, 5) is 8.50. The van der Waals surface area contributed by atoms with Crippen LogP contribution in [0.25, 0.3) is 0 Å². The normalized spacial score (nSPS) is 12.7. The minimum absolute atomic E-state index is 0.299. The fourth-order valence-electron chi connectivity index (χ4n) is 2.57. The molecule has 0 saturated carbocycles. The predicted octanol–water partition coefficient (Wildman–Crippen LogP) is 0.969. The molecular formula is C15H16N6O2. The maximum Gasteiger partial charge on any atom is 0.231 e. The van der Waals surface area contributed by atoms with Gasteiger partial charge in [-0.05, 0) is 24.1 Å². The lowest BCUT2D eigenvalue weighted by Crippen LogP contribution is -2.02. The average molecular weight is 312 g/mol. The number of rotatable bonds is 5. The lowest BCUT2D eigenvalue weighted by atomic mass is 10.1. The monoisotopic (exact) mass is 312 g/mol. The van der Waals surface area contributed by atoms with E-state index < -0.39 is 0 Å².